The monoisotopic (exact) mass is 266 g/mol. The number of nitrogens with zero attached hydrogens (tertiary/aromatic N) is 1. The number of carbonyl (C=O) groups excluding carboxylic acids is 1. The van der Waals surface area contributed by atoms with Crippen molar-refractivity contribution in [3.63, 3.8) is 0 Å². The van der Waals surface area contributed by atoms with Crippen molar-refractivity contribution in [2.45, 2.75) is 33.3 Å². The molecule has 0 aliphatic rings. The summed E-state index contributed by atoms with van der Waals surface area (Å²) in [4.78, 5) is 11.3. The molecule has 0 aliphatic heterocycles. The van der Waals surface area contributed by atoms with E-state index in [1.165, 1.54) is 18.3 Å². The lowest BCUT2D eigenvalue weighted by molar-refractivity contribution is 0.0529. The number of hydrogen-bond donors (Lipinski definition) is 3. The van der Waals surface area contributed by atoms with Gasteiger partial charge in [0, 0.05) is 11.6 Å². The normalized spacial score (nSPS) is 11.6. The van der Waals surface area contributed by atoms with Gasteiger partial charge in [-0.25, -0.2) is 10.2 Å². The number of phenolic OH excluding ortho intramolecular Hbond substituents is 2. The molecule has 0 atom stereocenters. The van der Waals surface area contributed by atoms with E-state index in [1.807, 2.05) is 0 Å². The van der Waals surface area contributed by atoms with Crippen LogP contribution in [0.2, 0.25) is 0 Å². The summed E-state index contributed by atoms with van der Waals surface area (Å²) in [6.45, 7) is 6.93. The van der Waals surface area contributed by atoms with Gasteiger partial charge in [0.2, 0.25) is 0 Å². The highest BCUT2D eigenvalue weighted by Gasteiger charge is 2.15. The van der Waals surface area contributed by atoms with Crippen molar-refractivity contribution in [2.75, 3.05) is 0 Å². The van der Waals surface area contributed by atoms with Crippen LogP contribution in [0.1, 0.15) is 31.9 Å². The smallest absolute Gasteiger partial charge is 0.428 e. The number of hydrazone groups is 1. The average molecular weight is 266 g/mol. The maximum absolute atomic E-state index is 11.3. The molecule has 6 nitrogen and oxygen atoms in total. The van der Waals surface area contributed by atoms with Gasteiger partial charge in [-0.15, -0.1) is 0 Å². The molecule has 0 fully saturated rings. The number of nitrogens with one attached hydrogen (secondary N) is 1. The topological polar surface area (TPSA) is 91.1 Å². The zero-order chi connectivity index (χ0) is 14.6. The average Bonchev–Trinajstić information content (AvgIpc) is 2.19. The first-order chi connectivity index (χ1) is 8.69. The fourth-order valence-electron chi connectivity index (χ4n) is 1.38. The summed E-state index contributed by atoms with van der Waals surface area (Å²) in [6.07, 6.45) is 0.605. The van der Waals surface area contributed by atoms with Crippen LogP contribution < -0.4 is 5.43 Å². The Morgan fingerprint density at radius 3 is 2.53 bits per heavy atom. The molecule has 0 aromatic heterocycles. The van der Waals surface area contributed by atoms with E-state index in [0.29, 0.717) is 11.1 Å². The molecule has 19 heavy (non-hydrogen) atoms. The largest absolute Gasteiger partial charge is 0.508 e. The summed E-state index contributed by atoms with van der Waals surface area (Å²) >= 11 is 0. The van der Waals surface area contributed by atoms with Gasteiger partial charge >= 0.3 is 6.09 Å². The Morgan fingerprint density at radius 2 is 2.00 bits per heavy atom. The van der Waals surface area contributed by atoms with Crippen LogP contribution in [0.4, 0.5) is 4.79 Å². The van der Waals surface area contributed by atoms with Crippen LogP contribution in [-0.2, 0) is 4.74 Å². The van der Waals surface area contributed by atoms with Gasteiger partial charge in [0.05, 0.1) is 6.21 Å². The molecule has 0 saturated carbocycles. The molecule has 1 aromatic carbocycles. The standard InChI is InChI=1S/C13H18N2O4/c1-8-5-9(16)6-11(17)10(8)7-14-15-12(18)19-13(2,3)4/h5-7,16-17H,1-4H3,(H,15,18). The molecule has 3 N–H and O–H groups in total. The van der Waals surface area contributed by atoms with Crippen LogP contribution in [0.15, 0.2) is 17.2 Å². The minimum atomic E-state index is -0.681. The Kier molecular flexibility index (Phi) is 4.37. The van der Waals surface area contributed by atoms with E-state index in [2.05, 4.69) is 10.5 Å². The van der Waals surface area contributed by atoms with E-state index in [0.717, 1.165) is 0 Å². The first-order valence-corrected chi connectivity index (χ1v) is 5.73. The van der Waals surface area contributed by atoms with Crippen LogP contribution in [0, 0.1) is 6.92 Å². The number of benzene rings is 1. The first-order valence-electron chi connectivity index (χ1n) is 5.73. The SMILES string of the molecule is Cc1cc(O)cc(O)c1C=NNC(=O)OC(C)(C)C. The zero-order valence-electron chi connectivity index (χ0n) is 11.4. The van der Waals surface area contributed by atoms with Crippen LogP contribution in [0.3, 0.4) is 0 Å². The highest BCUT2D eigenvalue weighted by molar-refractivity contribution is 5.86. The van der Waals surface area contributed by atoms with Crippen LogP contribution >= 0.6 is 0 Å². The highest BCUT2D eigenvalue weighted by Crippen LogP contribution is 2.24. The van der Waals surface area contributed by atoms with Gasteiger partial charge in [-0.3, -0.25) is 0 Å². The zero-order valence-corrected chi connectivity index (χ0v) is 11.4. The van der Waals surface area contributed by atoms with Gasteiger partial charge in [0.1, 0.15) is 17.1 Å². The van der Waals surface area contributed by atoms with Gasteiger partial charge in [-0.05, 0) is 39.3 Å². The Hall–Kier alpha value is -2.24. The number of ether oxygens (including phenoxy) is 1. The Labute approximate surface area is 111 Å². The van der Waals surface area contributed by atoms with Crippen LogP contribution in [0.5, 0.6) is 11.5 Å². The third kappa shape index (κ3) is 4.87. The van der Waals surface area contributed by atoms with Crippen molar-refractivity contribution in [3.8, 4) is 11.5 Å². The van der Waals surface area contributed by atoms with Crippen LogP contribution in [-0.4, -0.2) is 28.1 Å². The number of phenols is 2. The highest BCUT2D eigenvalue weighted by atomic mass is 16.6. The van der Waals surface area contributed by atoms with E-state index in [4.69, 9.17) is 4.74 Å². The van der Waals surface area contributed by atoms with E-state index in [1.54, 1.807) is 27.7 Å². The minimum Gasteiger partial charge on any atom is -0.508 e. The van der Waals surface area contributed by atoms with E-state index < -0.39 is 11.7 Å². The maximum atomic E-state index is 11.3. The predicted molar refractivity (Wildman–Crippen MR) is 71.5 cm³/mol. The molecule has 1 amide bonds. The van der Waals surface area contributed by atoms with Gasteiger partial charge in [-0.2, -0.15) is 5.10 Å². The predicted octanol–water partition coefficient (Wildman–Crippen LogP) is 2.26. The molecule has 104 valence electrons. The summed E-state index contributed by atoms with van der Waals surface area (Å²) in [5.41, 5.74) is 2.63. The molecule has 0 spiro atoms. The van der Waals surface area contributed by atoms with Gasteiger partial charge in [0.15, 0.2) is 0 Å². The number of aromatic hydroxyl groups is 2. The number of hydrogen-bond acceptors (Lipinski definition) is 5. The lowest BCUT2D eigenvalue weighted by Crippen LogP contribution is -2.29. The van der Waals surface area contributed by atoms with E-state index >= 15 is 0 Å². The van der Waals surface area contributed by atoms with Crippen molar-refractivity contribution >= 4 is 12.3 Å². The molecular weight excluding hydrogens is 248 g/mol. The minimum absolute atomic E-state index is 0.0350. The summed E-state index contributed by atoms with van der Waals surface area (Å²) in [6, 6.07) is 2.68. The van der Waals surface area contributed by atoms with Crippen molar-refractivity contribution < 1.29 is 19.7 Å². The molecule has 0 bridgehead atoms. The molecule has 1 aromatic rings. The molecule has 0 heterocycles. The fourth-order valence-corrected chi connectivity index (χ4v) is 1.38. The number of amides is 1. The summed E-state index contributed by atoms with van der Waals surface area (Å²) in [5, 5.41) is 22.6. The molecule has 1 rings (SSSR count). The van der Waals surface area contributed by atoms with Crippen molar-refractivity contribution in [1.82, 2.24) is 5.43 Å². The fraction of sp³-hybridized carbons (Fsp3) is 0.385. The van der Waals surface area contributed by atoms with Gasteiger partial charge in [0.25, 0.3) is 0 Å². The third-order valence-electron chi connectivity index (χ3n) is 2.10. The van der Waals surface area contributed by atoms with E-state index in [9.17, 15) is 15.0 Å². The summed E-state index contributed by atoms with van der Waals surface area (Å²) in [7, 11) is 0. The number of carbonyl (C=O) groups is 1. The maximum Gasteiger partial charge on any atom is 0.428 e. The second-order valence-electron chi connectivity index (χ2n) is 5.07. The Bertz CT molecular complexity index is 481. The quantitative estimate of drug-likeness (QED) is 0.565. The number of rotatable bonds is 2. The molecule has 0 unspecified atom stereocenters. The Balaban J connectivity index is 2.71. The van der Waals surface area contributed by atoms with Crippen molar-refractivity contribution in [2.24, 2.45) is 5.10 Å². The first kappa shape index (κ1) is 14.8. The summed E-state index contributed by atoms with van der Waals surface area (Å²) < 4.78 is 4.99. The lowest BCUT2D eigenvalue weighted by Gasteiger charge is -2.18. The van der Waals surface area contributed by atoms with Gasteiger partial charge < -0.3 is 14.9 Å². The number of aryl methyl sites for hydroxylation is 1. The molecule has 0 aliphatic carbocycles. The Morgan fingerprint density at radius 1 is 1.37 bits per heavy atom. The molecule has 0 saturated heterocycles. The van der Waals surface area contributed by atoms with Gasteiger partial charge in [-0.1, -0.05) is 0 Å². The van der Waals surface area contributed by atoms with Crippen molar-refractivity contribution in [3.05, 3.63) is 23.3 Å². The van der Waals surface area contributed by atoms with E-state index in [-0.39, 0.29) is 11.5 Å². The second-order valence-corrected chi connectivity index (χ2v) is 5.07. The lowest BCUT2D eigenvalue weighted by atomic mass is 10.1. The molecule has 0 radical (unpaired) electrons. The molecular formula is C13H18N2O4. The summed E-state index contributed by atoms with van der Waals surface area (Å²) in [5.74, 6) is -0.153. The third-order valence-corrected chi connectivity index (χ3v) is 2.10. The second kappa shape index (κ2) is 5.60. The van der Waals surface area contributed by atoms with Crippen molar-refractivity contribution in [1.29, 1.82) is 0 Å². The molecule has 6 heteroatoms. The van der Waals surface area contributed by atoms with Crippen LogP contribution in [0.25, 0.3) is 0 Å².